The van der Waals surface area contributed by atoms with E-state index in [1.54, 1.807) is 23.0 Å². The van der Waals surface area contributed by atoms with Gasteiger partial charge in [-0.2, -0.15) is 5.10 Å². The molecule has 156 valence electrons. The van der Waals surface area contributed by atoms with Gasteiger partial charge in [-0.05, 0) is 48.0 Å². The van der Waals surface area contributed by atoms with Crippen LogP contribution in [0.2, 0.25) is 5.02 Å². The van der Waals surface area contributed by atoms with E-state index in [9.17, 15) is 9.18 Å². The van der Waals surface area contributed by atoms with Crippen LogP contribution in [0.5, 0.6) is 0 Å². The highest BCUT2D eigenvalue weighted by Crippen LogP contribution is 2.24. The van der Waals surface area contributed by atoms with E-state index in [4.69, 9.17) is 11.6 Å². The van der Waals surface area contributed by atoms with Gasteiger partial charge in [0.15, 0.2) is 5.82 Å². The van der Waals surface area contributed by atoms with Crippen LogP contribution >= 0.6 is 11.6 Å². The Morgan fingerprint density at radius 2 is 1.90 bits per heavy atom. The molecule has 0 atom stereocenters. The van der Waals surface area contributed by atoms with Crippen molar-refractivity contribution in [1.29, 1.82) is 0 Å². The maximum absolute atomic E-state index is 13.8. The quantitative estimate of drug-likeness (QED) is 0.446. The monoisotopic (exact) mass is 434 g/mol. The SMILES string of the molecule is O=C(CCc1cc(-c2cccc(F)c2)n(-c2ccccn2)n1)NCc1cccc(Cl)c1. The molecule has 31 heavy (non-hydrogen) atoms. The molecule has 1 N–H and O–H groups in total. The Morgan fingerprint density at radius 1 is 1.03 bits per heavy atom. The fourth-order valence-electron chi connectivity index (χ4n) is 3.24. The first-order valence-corrected chi connectivity index (χ1v) is 10.2. The van der Waals surface area contributed by atoms with Gasteiger partial charge in [0.1, 0.15) is 5.82 Å². The number of nitrogens with zero attached hydrogens (tertiary/aromatic N) is 3. The molecule has 2 aromatic heterocycles. The molecule has 7 heteroatoms. The fraction of sp³-hybridized carbons (Fsp3) is 0.125. The lowest BCUT2D eigenvalue weighted by Crippen LogP contribution is -2.23. The van der Waals surface area contributed by atoms with Crippen LogP contribution in [0.15, 0.2) is 79.0 Å². The zero-order valence-electron chi connectivity index (χ0n) is 16.6. The lowest BCUT2D eigenvalue weighted by molar-refractivity contribution is -0.121. The Labute approximate surface area is 184 Å². The summed E-state index contributed by atoms with van der Waals surface area (Å²) in [7, 11) is 0. The smallest absolute Gasteiger partial charge is 0.220 e. The van der Waals surface area contributed by atoms with Crippen LogP contribution < -0.4 is 5.32 Å². The summed E-state index contributed by atoms with van der Waals surface area (Å²) in [4.78, 5) is 16.7. The van der Waals surface area contributed by atoms with Gasteiger partial charge < -0.3 is 5.32 Å². The minimum atomic E-state index is -0.326. The third-order valence-corrected chi connectivity index (χ3v) is 4.97. The van der Waals surface area contributed by atoms with E-state index in [1.165, 1.54) is 12.1 Å². The van der Waals surface area contributed by atoms with Crippen LogP contribution in [-0.4, -0.2) is 20.7 Å². The van der Waals surface area contributed by atoms with E-state index >= 15 is 0 Å². The fourth-order valence-corrected chi connectivity index (χ4v) is 3.45. The maximum Gasteiger partial charge on any atom is 0.220 e. The molecule has 5 nitrogen and oxygen atoms in total. The summed E-state index contributed by atoms with van der Waals surface area (Å²) < 4.78 is 15.5. The molecule has 0 saturated carbocycles. The number of carbonyl (C=O) groups excluding carboxylic acids is 1. The van der Waals surface area contributed by atoms with Crippen molar-refractivity contribution >= 4 is 17.5 Å². The van der Waals surface area contributed by atoms with E-state index in [0.29, 0.717) is 35.1 Å². The summed E-state index contributed by atoms with van der Waals surface area (Å²) in [6.07, 6.45) is 2.40. The minimum absolute atomic E-state index is 0.0836. The number of rotatable bonds is 7. The van der Waals surface area contributed by atoms with Crippen molar-refractivity contribution in [3.63, 3.8) is 0 Å². The first-order valence-electron chi connectivity index (χ1n) is 9.86. The average Bonchev–Trinajstić information content (AvgIpc) is 3.21. The molecular formula is C24H20ClFN4O. The van der Waals surface area contributed by atoms with Crippen LogP contribution in [0.3, 0.4) is 0 Å². The topological polar surface area (TPSA) is 59.8 Å². The van der Waals surface area contributed by atoms with E-state index in [2.05, 4.69) is 15.4 Å². The highest BCUT2D eigenvalue weighted by atomic mass is 35.5. The van der Waals surface area contributed by atoms with Gasteiger partial charge in [0.25, 0.3) is 0 Å². The van der Waals surface area contributed by atoms with Crippen molar-refractivity contribution < 1.29 is 9.18 Å². The number of amides is 1. The van der Waals surface area contributed by atoms with Gasteiger partial charge in [-0.3, -0.25) is 4.79 Å². The normalized spacial score (nSPS) is 10.8. The predicted octanol–water partition coefficient (Wildman–Crippen LogP) is 4.98. The number of hydrogen-bond donors (Lipinski definition) is 1. The lowest BCUT2D eigenvalue weighted by Gasteiger charge is -2.06. The van der Waals surface area contributed by atoms with Crippen LogP contribution in [0.25, 0.3) is 17.1 Å². The van der Waals surface area contributed by atoms with E-state index < -0.39 is 0 Å². The van der Waals surface area contributed by atoms with E-state index in [0.717, 1.165) is 11.3 Å². The second kappa shape index (κ2) is 9.53. The number of benzene rings is 2. The molecule has 2 heterocycles. The number of aryl methyl sites for hydroxylation is 1. The molecule has 2 aromatic carbocycles. The van der Waals surface area contributed by atoms with Crippen LogP contribution in [-0.2, 0) is 17.8 Å². The highest BCUT2D eigenvalue weighted by Gasteiger charge is 2.14. The van der Waals surface area contributed by atoms with Crippen molar-refractivity contribution in [2.24, 2.45) is 0 Å². The molecule has 0 unspecified atom stereocenters. The van der Waals surface area contributed by atoms with Crippen molar-refractivity contribution in [2.75, 3.05) is 0 Å². The molecule has 0 spiro atoms. The molecule has 0 aliphatic heterocycles. The third kappa shape index (κ3) is 5.35. The summed E-state index contributed by atoms with van der Waals surface area (Å²) >= 11 is 5.98. The molecule has 0 radical (unpaired) electrons. The first-order chi connectivity index (χ1) is 15.1. The van der Waals surface area contributed by atoms with Gasteiger partial charge in [-0.25, -0.2) is 14.1 Å². The number of aromatic nitrogens is 3. The van der Waals surface area contributed by atoms with Crippen LogP contribution in [0.4, 0.5) is 4.39 Å². The summed E-state index contributed by atoms with van der Waals surface area (Å²) in [5.41, 5.74) is 3.07. The average molecular weight is 435 g/mol. The molecular weight excluding hydrogens is 415 g/mol. The summed E-state index contributed by atoms with van der Waals surface area (Å²) in [5.74, 6) is 0.214. The predicted molar refractivity (Wildman–Crippen MR) is 118 cm³/mol. The van der Waals surface area contributed by atoms with Crippen molar-refractivity contribution in [3.8, 4) is 17.1 Å². The molecule has 0 saturated heterocycles. The standard InChI is InChI=1S/C24H20ClFN4O/c25-19-7-3-5-17(13-19)16-28-24(31)11-10-21-15-22(18-6-4-8-20(26)14-18)30(29-21)23-9-1-2-12-27-23/h1-9,12-15H,10-11,16H2,(H,28,31). The van der Waals surface area contributed by atoms with Gasteiger partial charge in [0, 0.05) is 36.2 Å². The second-order valence-electron chi connectivity index (χ2n) is 7.04. The first kappa shape index (κ1) is 20.8. The molecule has 0 aliphatic carbocycles. The van der Waals surface area contributed by atoms with Crippen LogP contribution in [0, 0.1) is 5.82 Å². The second-order valence-corrected chi connectivity index (χ2v) is 7.47. The Kier molecular flexibility index (Phi) is 6.38. The van der Waals surface area contributed by atoms with Crippen molar-refractivity contribution in [2.45, 2.75) is 19.4 Å². The number of halogens is 2. The minimum Gasteiger partial charge on any atom is -0.352 e. The Hall–Kier alpha value is -3.51. The van der Waals surface area contributed by atoms with Crippen molar-refractivity contribution in [1.82, 2.24) is 20.1 Å². The molecule has 4 aromatic rings. The highest BCUT2D eigenvalue weighted by molar-refractivity contribution is 6.30. The molecule has 1 amide bonds. The maximum atomic E-state index is 13.8. The summed E-state index contributed by atoms with van der Waals surface area (Å²) in [5, 5.41) is 8.15. The number of hydrogen-bond acceptors (Lipinski definition) is 3. The van der Waals surface area contributed by atoms with Crippen molar-refractivity contribution in [3.05, 3.63) is 101 Å². The Morgan fingerprint density at radius 3 is 2.68 bits per heavy atom. The van der Waals surface area contributed by atoms with E-state index in [1.807, 2.05) is 48.5 Å². The van der Waals surface area contributed by atoms with Gasteiger partial charge in [0.05, 0.1) is 11.4 Å². The molecule has 4 rings (SSSR count). The Bertz CT molecular complexity index is 1190. The largest absolute Gasteiger partial charge is 0.352 e. The zero-order chi connectivity index (χ0) is 21.6. The van der Waals surface area contributed by atoms with Gasteiger partial charge in [-0.15, -0.1) is 0 Å². The van der Waals surface area contributed by atoms with Crippen LogP contribution in [0.1, 0.15) is 17.7 Å². The molecule has 0 fully saturated rings. The number of nitrogens with one attached hydrogen (secondary N) is 1. The Balaban J connectivity index is 1.49. The van der Waals surface area contributed by atoms with Gasteiger partial charge in [-0.1, -0.05) is 41.9 Å². The number of pyridine rings is 1. The van der Waals surface area contributed by atoms with Gasteiger partial charge >= 0.3 is 0 Å². The number of carbonyl (C=O) groups is 1. The zero-order valence-corrected chi connectivity index (χ0v) is 17.4. The molecule has 0 bridgehead atoms. The summed E-state index contributed by atoms with van der Waals surface area (Å²) in [6.45, 7) is 0.413. The lowest BCUT2D eigenvalue weighted by atomic mass is 10.1. The van der Waals surface area contributed by atoms with Gasteiger partial charge in [0.2, 0.25) is 5.91 Å². The van der Waals surface area contributed by atoms with E-state index in [-0.39, 0.29) is 18.1 Å². The third-order valence-electron chi connectivity index (χ3n) is 4.73. The molecule has 0 aliphatic rings. The summed E-state index contributed by atoms with van der Waals surface area (Å²) in [6, 6.07) is 21.1.